The van der Waals surface area contributed by atoms with Crippen LogP contribution in [-0.4, -0.2) is 18.4 Å². The SMILES string of the molecule is CCCCCCCCCCCCC(=O)CCCCC(=O)OC[C@H]1C(C)=CC[C@H]2C(C)(C)CCC[C@]12C. The number of Topliss-reactive ketones (excluding diaryl/α,β-unsaturated/α-hetero) is 1. The highest BCUT2D eigenvalue weighted by molar-refractivity contribution is 5.78. The zero-order chi connectivity index (χ0) is 26.4. The molecule has 2 aliphatic carbocycles. The summed E-state index contributed by atoms with van der Waals surface area (Å²) in [6.07, 6.45) is 23.7. The average Bonchev–Trinajstić information content (AvgIpc) is 2.82. The fraction of sp³-hybridized carbons (Fsp3) is 0.879. The molecule has 0 amide bonds. The third-order valence-corrected chi connectivity index (χ3v) is 9.60. The topological polar surface area (TPSA) is 43.4 Å². The highest BCUT2D eigenvalue weighted by atomic mass is 16.5. The summed E-state index contributed by atoms with van der Waals surface area (Å²) in [5.41, 5.74) is 1.98. The van der Waals surface area contributed by atoms with Crippen LogP contribution >= 0.6 is 0 Å². The predicted octanol–water partition coefficient (Wildman–Crippen LogP) is 9.77. The van der Waals surface area contributed by atoms with E-state index in [1.807, 2.05) is 0 Å². The smallest absolute Gasteiger partial charge is 0.305 e. The maximum absolute atomic E-state index is 12.5. The van der Waals surface area contributed by atoms with Gasteiger partial charge in [-0.05, 0) is 62.2 Å². The van der Waals surface area contributed by atoms with E-state index in [9.17, 15) is 9.59 Å². The second-order valence-electron chi connectivity index (χ2n) is 13.0. The van der Waals surface area contributed by atoms with Gasteiger partial charge in [0.2, 0.25) is 0 Å². The lowest BCUT2D eigenvalue weighted by Gasteiger charge is -2.56. The van der Waals surface area contributed by atoms with Crippen LogP contribution in [0.1, 0.15) is 157 Å². The predicted molar refractivity (Wildman–Crippen MR) is 152 cm³/mol. The Labute approximate surface area is 223 Å². The van der Waals surface area contributed by atoms with Crippen LogP contribution in [0.2, 0.25) is 0 Å². The molecular weight excluding hydrogens is 444 g/mol. The lowest BCUT2D eigenvalue weighted by Crippen LogP contribution is -2.49. The lowest BCUT2D eigenvalue weighted by molar-refractivity contribution is -0.148. The van der Waals surface area contributed by atoms with E-state index in [2.05, 4.69) is 40.7 Å². The third-order valence-electron chi connectivity index (χ3n) is 9.60. The fourth-order valence-corrected chi connectivity index (χ4v) is 7.23. The lowest BCUT2D eigenvalue weighted by atomic mass is 9.49. The number of hydrogen-bond acceptors (Lipinski definition) is 3. The summed E-state index contributed by atoms with van der Waals surface area (Å²) < 4.78 is 5.82. The molecule has 2 aliphatic rings. The van der Waals surface area contributed by atoms with Gasteiger partial charge in [-0.2, -0.15) is 0 Å². The number of carbonyl (C=O) groups excluding carboxylic acids is 2. The molecule has 0 spiro atoms. The Morgan fingerprint density at radius 1 is 0.833 bits per heavy atom. The number of hydrogen-bond donors (Lipinski definition) is 0. The molecular formula is C33H58O3. The van der Waals surface area contributed by atoms with Gasteiger partial charge in [-0.25, -0.2) is 0 Å². The van der Waals surface area contributed by atoms with Crippen molar-refractivity contribution in [2.45, 2.75) is 157 Å². The Hall–Kier alpha value is -1.12. The maximum atomic E-state index is 12.5. The second-order valence-corrected chi connectivity index (χ2v) is 13.0. The van der Waals surface area contributed by atoms with Crippen molar-refractivity contribution in [3.05, 3.63) is 11.6 Å². The number of unbranched alkanes of at least 4 members (excludes halogenated alkanes) is 10. The van der Waals surface area contributed by atoms with E-state index in [1.165, 1.54) is 82.6 Å². The quantitative estimate of drug-likeness (QED) is 0.106. The minimum absolute atomic E-state index is 0.0919. The van der Waals surface area contributed by atoms with Crippen LogP contribution in [0.4, 0.5) is 0 Å². The number of ketones is 1. The van der Waals surface area contributed by atoms with E-state index >= 15 is 0 Å². The van der Waals surface area contributed by atoms with Gasteiger partial charge in [0.1, 0.15) is 5.78 Å². The summed E-state index contributed by atoms with van der Waals surface area (Å²) in [5, 5.41) is 0. The molecule has 1 saturated carbocycles. The summed E-state index contributed by atoms with van der Waals surface area (Å²) in [6, 6.07) is 0. The van der Waals surface area contributed by atoms with Crippen LogP contribution in [0.5, 0.6) is 0 Å². The molecule has 0 saturated heterocycles. The molecule has 3 nitrogen and oxygen atoms in total. The zero-order valence-electron chi connectivity index (χ0n) is 24.6. The number of esters is 1. The van der Waals surface area contributed by atoms with Gasteiger partial charge in [-0.1, -0.05) is 104 Å². The minimum atomic E-state index is -0.0919. The third kappa shape index (κ3) is 9.97. The molecule has 0 aromatic carbocycles. The van der Waals surface area contributed by atoms with E-state index in [-0.39, 0.29) is 11.4 Å². The Kier molecular flexibility index (Phi) is 13.8. The first kappa shape index (κ1) is 31.1. The van der Waals surface area contributed by atoms with Gasteiger partial charge in [0, 0.05) is 25.2 Å². The summed E-state index contributed by atoms with van der Waals surface area (Å²) in [5.74, 6) is 1.27. The Bertz CT molecular complexity index is 691. The normalized spacial score (nSPS) is 25.2. The van der Waals surface area contributed by atoms with Crippen LogP contribution in [-0.2, 0) is 14.3 Å². The van der Waals surface area contributed by atoms with Gasteiger partial charge in [0.05, 0.1) is 6.61 Å². The zero-order valence-corrected chi connectivity index (χ0v) is 24.6. The molecule has 0 aliphatic heterocycles. The first-order chi connectivity index (χ1) is 17.2. The minimum Gasteiger partial charge on any atom is -0.465 e. The van der Waals surface area contributed by atoms with E-state index in [4.69, 9.17) is 4.74 Å². The molecule has 0 aromatic heterocycles. The van der Waals surface area contributed by atoms with E-state index < -0.39 is 0 Å². The molecule has 3 heteroatoms. The first-order valence-electron chi connectivity index (χ1n) is 15.5. The molecule has 36 heavy (non-hydrogen) atoms. The van der Waals surface area contributed by atoms with Crippen molar-refractivity contribution in [1.82, 2.24) is 0 Å². The monoisotopic (exact) mass is 502 g/mol. The van der Waals surface area contributed by atoms with Crippen molar-refractivity contribution in [1.29, 1.82) is 0 Å². The van der Waals surface area contributed by atoms with Gasteiger partial charge in [-0.15, -0.1) is 0 Å². The van der Waals surface area contributed by atoms with Gasteiger partial charge in [-0.3, -0.25) is 9.59 Å². The fourth-order valence-electron chi connectivity index (χ4n) is 7.23. The summed E-state index contributed by atoms with van der Waals surface area (Å²) in [7, 11) is 0. The number of allylic oxidation sites excluding steroid dienone is 1. The van der Waals surface area contributed by atoms with Crippen LogP contribution in [0.3, 0.4) is 0 Å². The van der Waals surface area contributed by atoms with Crippen LogP contribution in [0, 0.1) is 22.7 Å². The maximum Gasteiger partial charge on any atom is 0.305 e. The molecule has 0 unspecified atom stereocenters. The summed E-state index contributed by atoms with van der Waals surface area (Å²) in [4.78, 5) is 24.7. The molecule has 2 rings (SSSR count). The largest absolute Gasteiger partial charge is 0.465 e. The first-order valence-corrected chi connectivity index (χ1v) is 15.5. The summed E-state index contributed by atoms with van der Waals surface area (Å²) >= 11 is 0. The molecule has 0 N–H and O–H groups in total. The van der Waals surface area contributed by atoms with Gasteiger partial charge >= 0.3 is 5.97 Å². The summed E-state index contributed by atoms with van der Waals surface area (Å²) in [6.45, 7) is 12.3. The molecule has 0 aromatic rings. The number of carbonyl (C=O) groups is 2. The molecule has 0 heterocycles. The van der Waals surface area contributed by atoms with Gasteiger partial charge in [0.25, 0.3) is 0 Å². The standard InChI is InChI=1S/C33H58O3/c1-6-7-8-9-10-11-12-13-14-15-19-28(34)20-16-17-21-31(35)36-26-29-27(2)22-23-30-32(3,4)24-18-25-33(29,30)5/h22,29-30H,6-21,23-26H2,1-5H3/t29-,30-,33+/m0/s1. The molecule has 3 atom stereocenters. The number of fused-ring (bicyclic) bond motifs is 1. The highest BCUT2D eigenvalue weighted by Crippen LogP contribution is 2.59. The highest BCUT2D eigenvalue weighted by Gasteiger charge is 2.52. The van der Waals surface area contributed by atoms with Gasteiger partial charge in [0.15, 0.2) is 0 Å². The Morgan fingerprint density at radius 2 is 1.39 bits per heavy atom. The van der Waals surface area contributed by atoms with Crippen molar-refractivity contribution < 1.29 is 14.3 Å². The molecule has 208 valence electrons. The average molecular weight is 503 g/mol. The van der Waals surface area contributed by atoms with Crippen LogP contribution in [0.15, 0.2) is 11.6 Å². The molecule has 1 fully saturated rings. The number of ether oxygens (including phenoxy) is 1. The van der Waals surface area contributed by atoms with E-state index in [0.29, 0.717) is 48.9 Å². The van der Waals surface area contributed by atoms with Crippen LogP contribution < -0.4 is 0 Å². The van der Waals surface area contributed by atoms with Crippen molar-refractivity contribution in [3.8, 4) is 0 Å². The Balaban J connectivity index is 1.54. The molecule has 0 radical (unpaired) electrons. The number of rotatable bonds is 18. The van der Waals surface area contributed by atoms with E-state index in [0.717, 1.165) is 25.7 Å². The molecule has 0 bridgehead atoms. The Morgan fingerprint density at radius 3 is 2.03 bits per heavy atom. The van der Waals surface area contributed by atoms with E-state index in [1.54, 1.807) is 0 Å². The second kappa shape index (κ2) is 16.0. The van der Waals surface area contributed by atoms with Gasteiger partial charge < -0.3 is 4.74 Å². The van der Waals surface area contributed by atoms with Crippen LogP contribution in [0.25, 0.3) is 0 Å². The van der Waals surface area contributed by atoms with Crippen molar-refractivity contribution in [2.75, 3.05) is 6.61 Å². The van der Waals surface area contributed by atoms with Crippen molar-refractivity contribution >= 4 is 11.8 Å². The van der Waals surface area contributed by atoms with Crippen molar-refractivity contribution in [3.63, 3.8) is 0 Å². The van der Waals surface area contributed by atoms with Crippen molar-refractivity contribution in [2.24, 2.45) is 22.7 Å².